The standard InChI is InChI=1S/C15H11F3O3/c1-20-14(19)12-4-2-3-5-13(12)21-11-8-6-10(7-9-11)15(16,17)18/h2-9H,1H3. The lowest BCUT2D eigenvalue weighted by Gasteiger charge is -2.11. The van der Waals surface area contributed by atoms with Crippen LogP contribution in [0.4, 0.5) is 13.2 Å². The summed E-state index contributed by atoms with van der Waals surface area (Å²) in [5.74, 6) is -0.180. The summed E-state index contributed by atoms with van der Waals surface area (Å²) in [6, 6.07) is 10.5. The minimum absolute atomic E-state index is 0.194. The van der Waals surface area contributed by atoms with Crippen molar-refractivity contribution in [2.45, 2.75) is 6.18 Å². The maximum absolute atomic E-state index is 12.5. The second kappa shape index (κ2) is 5.87. The van der Waals surface area contributed by atoms with Crippen LogP contribution in [0.15, 0.2) is 48.5 Å². The maximum Gasteiger partial charge on any atom is 0.416 e. The van der Waals surface area contributed by atoms with Crippen molar-refractivity contribution in [3.8, 4) is 11.5 Å². The molecule has 0 fully saturated rings. The summed E-state index contributed by atoms with van der Waals surface area (Å²) in [7, 11) is 1.23. The van der Waals surface area contributed by atoms with Gasteiger partial charge in [0.2, 0.25) is 0 Å². The van der Waals surface area contributed by atoms with Crippen LogP contribution < -0.4 is 4.74 Å². The van der Waals surface area contributed by atoms with E-state index in [1.54, 1.807) is 12.1 Å². The smallest absolute Gasteiger partial charge is 0.416 e. The molecule has 3 nitrogen and oxygen atoms in total. The normalized spacial score (nSPS) is 11.0. The molecule has 2 rings (SSSR count). The number of hydrogen-bond donors (Lipinski definition) is 0. The van der Waals surface area contributed by atoms with Gasteiger partial charge in [-0.25, -0.2) is 4.79 Å². The van der Waals surface area contributed by atoms with Gasteiger partial charge >= 0.3 is 12.1 Å². The van der Waals surface area contributed by atoms with E-state index in [1.165, 1.54) is 31.4 Å². The van der Waals surface area contributed by atoms with Gasteiger partial charge in [0.1, 0.15) is 17.1 Å². The van der Waals surface area contributed by atoms with E-state index in [-0.39, 0.29) is 17.1 Å². The van der Waals surface area contributed by atoms with Crippen molar-refractivity contribution in [3.05, 3.63) is 59.7 Å². The number of methoxy groups -OCH3 is 1. The van der Waals surface area contributed by atoms with Crippen molar-refractivity contribution < 1.29 is 27.4 Å². The van der Waals surface area contributed by atoms with Crippen molar-refractivity contribution in [3.63, 3.8) is 0 Å². The Morgan fingerprint density at radius 3 is 2.19 bits per heavy atom. The summed E-state index contributed by atoms with van der Waals surface area (Å²) >= 11 is 0. The topological polar surface area (TPSA) is 35.5 Å². The average molecular weight is 296 g/mol. The molecule has 2 aromatic rings. The number of rotatable bonds is 3. The second-order valence-electron chi connectivity index (χ2n) is 4.11. The Kier molecular flexibility index (Phi) is 4.16. The fourth-order valence-corrected chi connectivity index (χ4v) is 1.67. The van der Waals surface area contributed by atoms with E-state index < -0.39 is 17.7 Å². The third-order valence-electron chi connectivity index (χ3n) is 2.70. The Bertz CT molecular complexity index is 633. The van der Waals surface area contributed by atoms with Crippen LogP contribution in [0.25, 0.3) is 0 Å². The first kappa shape index (κ1) is 14.9. The van der Waals surface area contributed by atoms with Crippen molar-refractivity contribution >= 4 is 5.97 Å². The lowest BCUT2D eigenvalue weighted by atomic mass is 10.2. The molecule has 0 aliphatic rings. The number of carbonyl (C=O) groups excluding carboxylic acids is 1. The first-order valence-corrected chi connectivity index (χ1v) is 5.94. The molecule has 0 amide bonds. The zero-order valence-electron chi connectivity index (χ0n) is 11.0. The number of halogens is 3. The van der Waals surface area contributed by atoms with E-state index in [0.29, 0.717) is 0 Å². The zero-order valence-corrected chi connectivity index (χ0v) is 11.0. The number of benzene rings is 2. The molecule has 6 heteroatoms. The van der Waals surface area contributed by atoms with Gasteiger partial charge in [-0.05, 0) is 36.4 Å². The largest absolute Gasteiger partial charge is 0.465 e. The van der Waals surface area contributed by atoms with Crippen LogP contribution in [0, 0.1) is 0 Å². The minimum atomic E-state index is -4.40. The SMILES string of the molecule is COC(=O)c1ccccc1Oc1ccc(C(F)(F)F)cc1. The van der Waals surface area contributed by atoms with Gasteiger partial charge in [0.25, 0.3) is 0 Å². The molecule has 110 valence electrons. The third-order valence-corrected chi connectivity index (χ3v) is 2.70. The Balaban J connectivity index is 2.25. The van der Waals surface area contributed by atoms with Crippen LogP contribution in [0.2, 0.25) is 0 Å². The van der Waals surface area contributed by atoms with E-state index in [2.05, 4.69) is 4.74 Å². The predicted molar refractivity (Wildman–Crippen MR) is 69.3 cm³/mol. The van der Waals surface area contributed by atoms with E-state index in [1.807, 2.05) is 0 Å². The van der Waals surface area contributed by atoms with Crippen molar-refractivity contribution in [1.29, 1.82) is 0 Å². The van der Waals surface area contributed by atoms with Gasteiger partial charge in [-0.15, -0.1) is 0 Å². The molecule has 0 bridgehead atoms. The Labute approximate surface area is 118 Å². The third kappa shape index (κ3) is 3.53. The van der Waals surface area contributed by atoms with E-state index in [4.69, 9.17) is 4.74 Å². The molecule has 0 aliphatic carbocycles. The second-order valence-corrected chi connectivity index (χ2v) is 4.11. The summed E-state index contributed by atoms with van der Waals surface area (Å²) < 4.78 is 47.4. The fraction of sp³-hybridized carbons (Fsp3) is 0.133. The number of carbonyl (C=O) groups is 1. The van der Waals surface area contributed by atoms with Crippen molar-refractivity contribution in [2.24, 2.45) is 0 Å². The Morgan fingerprint density at radius 1 is 1.00 bits per heavy atom. The lowest BCUT2D eigenvalue weighted by Crippen LogP contribution is -2.05. The molecule has 2 aromatic carbocycles. The van der Waals surface area contributed by atoms with Crippen LogP contribution in [0.5, 0.6) is 11.5 Å². The molecule has 0 unspecified atom stereocenters. The van der Waals surface area contributed by atoms with Crippen LogP contribution >= 0.6 is 0 Å². The minimum Gasteiger partial charge on any atom is -0.465 e. The summed E-state index contributed by atoms with van der Waals surface area (Å²) in [5.41, 5.74) is -0.573. The quantitative estimate of drug-likeness (QED) is 0.793. The van der Waals surface area contributed by atoms with Gasteiger partial charge < -0.3 is 9.47 Å². The van der Waals surface area contributed by atoms with Crippen LogP contribution in [0.1, 0.15) is 15.9 Å². The Morgan fingerprint density at radius 2 is 1.62 bits per heavy atom. The summed E-state index contributed by atoms with van der Waals surface area (Å²) in [5, 5.41) is 0. The van der Waals surface area contributed by atoms with Crippen LogP contribution in [-0.2, 0) is 10.9 Å². The highest BCUT2D eigenvalue weighted by Crippen LogP contribution is 2.32. The van der Waals surface area contributed by atoms with Crippen molar-refractivity contribution in [2.75, 3.05) is 7.11 Å². The monoisotopic (exact) mass is 296 g/mol. The molecule has 0 atom stereocenters. The highest BCUT2D eigenvalue weighted by Gasteiger charge is 2.30. The van der Waals surface area contributed by atoms with Gasteiger partial charge in [-0.3, -0.25) is 0 Å². The van der Waals surface area contributed by atoms with E-state index in [9.17, 15) is 18.0 Å². The highest BCUT2D eigenvalue weighted by molar-refractivity contribution is 5.92. The van der Waals surface area contributed by atoms with Crippen LogP contribution in [0.3, 0.4) is 0 Å². The molecular formula is C15H11F3O3. The highest BCUT2D eigenvalue weighted by atomic mass is 19.4. The first-order chi connectivity index (χ1) is 9.91. The van der Waals surface area contributed by atoms with Gasteiger partial charge in [0.15, 0.2) is 0 Å². The summed E-state index contributed by atoms with van der Waals surface area (Å²) in [6.07, 6.45) is -4.40. The lowest BCUT2D eigenvalue weighted by molar-refractivity contribution is -0.137. The molecule has 0 aliphatic heterocycles. The molecule has 0 saturated carbocycles. The molecule has 0 radical (unpaired) electrons. The molecule has 21 heavy (non-hydrogen) atoms. The predicted octanol–water partition coefficient (Wildman–Crippen LogP) is 4.28. The van der Waals surface area contributed by atoms with Crippen molar-refractivity contribution in [1.82, 2.24) is 0 Å². The fourth-order valence-electron chi connectivity index (χ4n) is 1.67. The summed E-state index contributed by atoms with van der Waals surface area (Å²) in [4.78, 5) is 11.6. The van der Waals surface area contributed by atoms with Gasteiger partial charge in [0.05, 0.1) is 12.7 Å². The first-order valence-electron chi connectivity index (χ1n) is 5.94. The molecular weight excluding hydrogens is 285 g/mol. The van der Waals surface area contributed by atoms with Crippen LogP contribution in [-0.4, -0.2) is 13.1 Å². The number of para-hydroxylation sites is 1. The number of ether oxygens (including phenoxy) is 2. The molecule has 0 N–H and O–H groups in total. The van der Waals surface area contributed by atoms with E-state index in [0.717, 1.165) is 12.1 Å². The molecule has 0 aromatic heterocycles. The van der Waals surface area contributed by atoms with E-state index >= 15 is 0 Å². The zero-order chi connectivity index (χ0) is 15.5. The molecule has 0 spiro atoms. The number of alkyl halides is 3. The average Bonchev–Trinajstić information content (AvgIpc) is 2.46. The number of hydrogen-bond acceptors (Lipinski definition) is 3. The van der Waals surface area contributed by atoms with Gasteiger partial charge in [-0.1, -0.05) is 12.1 Å². The molecule has 0 heterocycles. The number of esters is 1. The van der Waals surface area contributed by atoms with Gasteiger partial charge in [0, 0.05) is 0 Å². The van der Waals surface area contributed by atoms with Gasteiger partial charge in [-0.2, -0.15) is 13.2 Å². The summed E-state index contributed by atoms with van der Waals surface area (Å²) in [6.45, 7) is 0. The molecule has 0 saturated heterocycles. The maximum atomic E-state index is 12.5. The Hall–Kier alpha value is -2.50.